The lowest BCUT2D eigenvalue weighted by Crippen LogP contribution is -2.19. The van der Waals surface area contributed by atoms with Gasteiger partial charge in [-0.05, 0) is 0 Å². The SMILES string of the molecule is COC(=O)C(=O)CC(=O)c1cnccn1. The maximum atomic E-state index is 11.3. The first kappa shape index (κ1) is 11.0. The van der Waals surface area contributed by atoms with Crippen molar-refractivity contribution < 1.29 is 19.1 Å². The molecule has 1 aromatic rings. The van der Waals surface area contributed by atoms with Crippen LogP contribution >= 0.6 is 0 Å². The maximum absolute atomic E-state index is 11.3. The fraction of sp³-hybridized carbons (Fsp3) is 0.222. The highest BCUT2D eigenvalue weighted by molar-refractivity contribution is 6.37. The number of ketones is 2. The van der Waals surface area contributed by atoms with Crippen LogP contribution in [-0.4, -0.2) is 34.6 Å². The Hall–Kier alpha value is -2.11. The van der Waals surface area contributed by atoms with Gasteiger partial charge in [0.1, 0.15) is 5.69 Å². The van der Waals surface area contributed by atoms with Gasteiger partial charge in [-0.15, -0.1) is 0 Å². The van der Waals surface area contributed by atoms with Crippen molar-refractivity contribution in [2.24, 2.45) is 0 Å². The first-order chi connectivity index (χ1) is 7.15. The van der Waals surface area contributed by atoms with Crippen LogP contribution in [0.4, 0.5) is 0 Å². The van der Waals surface area contributed by atoms with Crippen molar-refractivity contribution in [3.8, 4) is 0 Å². The lowest BCUT2D eigenvalue weighted by molar-refractivity contribution is -0.151. The fourth-order valence-corrected chi connectivity index (χ4v) is 0.865. The zero-order valence-electron chi connectivity index (χ0n) is 7.97. The van der Waals surface area contributed by atoms with E-state index in [1.54, 1.807) is 0 Å². The highest BCUT2D eigenvalue weighted by atomic mass is 16.5. The molecule has 0 aliphatic rings. The zero-order chi connectivity index (χ0) is 11.3. The number of methoxy groups -OCH3 is 1. The van der Waals surface area contributed by atoms with E-state index in [1.165, 1.54) is 18.6 Å². The highest BCUT2D eigenvalue weighted by Gasteiger charge is 2.19. The highest BCUT2D eigenvalue weighted by Crippen LogP contribution is 1.98. The van der Waals surface area contributed by atoms with Crippen LogP contribution in [0.3, 0.4) is 0 Å². The van der Waals surface area contributed by atoms with Gasteiger partial charge in [0.25, 0.3) is 0 Å². The van der Waals surface area contributed by atoms with E-state index in [1.807, 2.05) is 0 Å². The van der Waals surface area contributed by atoms with Gasteiger partial charge in [0.05, 0.1) is 19.7 Å². The molecule has 1 rings (SSSR count). The third kappa shape index (κ3) is 2.94. The van der Waals surface area contributed by atoms with Gasteiger partial charge in [-0.25, -0.2) is 9.78 Å². The number of Topliss-reactive ketones (excluding diaryl/α,β-unsaturated/α-hetero) is 2. The van der Waals surface area contributed by atoms with Gasteiger partial charge in [-0.3, -0.25) is 14.6 Å². The Kier molecular flexibility index (Phi) is 3.61. The molecule has 0 saturated heterocycles. The maximum Gasteiger partial charge on any atom is 0.374 e. The van der Waals surface area contributed by atoms with Crippen LogP contribution in [-0.2, 0) is 14.3 Å². The summed E-state index contributed by atoms with van der Waals surface area (Å²) in [4.78, 5) is 40.4. The number of hydrogen-bond acceptors (Lipinski definition) is 6. The molecule has 0 aromatic carbocycles. The largest absolute Gasteiger partial charge is 0.463 e. The van der Waals surface area contributed by atoms with Gasteiger partial charge in [-0.1, -0.05) is 0 Å². The zero-order valence-corrected chi connectivity index (χ0v) is 7.97. The van der Waals surface area contributed by atoms with Crippen LogP contribution in [0.25, 0.3) is 0 Å². The van der Waals surface area contributed by atoms with Crippen molar-refractivity contribution in [2.75, 3.05) is 7.11 Å². The molecule has 0 amide bonds. The van der Waals surface area contributed by atoms with E-state index in [4.69, 9.17) is 0 Å². The van der Waals surface area contributed by atoms with Gasteiger partial charge in [0, 0.05) is 12.4 Å². The van der Waals surface area contributed by atoms with Gasteiger partial charge in [-0.2, -0.15) is 0 Å². The first-order valence-electron chi connectivity index (χ1n) is 4.05. The minimum Gasteiger partial charge on any atom is -0.463 e. The molecule has 0 fully saturated rings. The van der Waals surface area contributed by atoms with Gasteiger partial charge >= 0.3 is 5.97 Å². The summed E-state index contributed by atoms with van der Waals surface area (Å²) in [5.74, 6) is -2.49. The number of rotatable bonds is 4. The molecule has 0 aliphatic carbocycles. The van der Waals surface area contributed by atoms with E-state index < -0.39 is 24.0 Å². The molecule has 0 N–H and O–H groups in total. The molecular weight excluding hydrogens is 200 g/mol. The number of carbonyl (C=O) groups excluding carboxylic acids is 3. The van der Waals surface area contributed by atoms with Crippen molar-refractivity contribution in [3.63, 3.8) is 0 Å². The molecule has 6 heteroatoms. The third-order valence-corrected chi connectivity index (χ3v) is 1.58. The lowest BCUT2D eigenvalue weighted by atomic mass is 10.1. The van der Waals surface area contributed by atoms with E-state index in [0.717, 1.165) is 7.11 Å². The van der Waals surface area contributed by atoms with E-state index in [0.29, 0.717) is 0 Å². The van der Waals surface area contributed by atoms with E-state index in [-0.39, 0.29) is 5.69 Å². The second-order valence-corrected chi connectivity index (χ2v) is 2.61. The normalized spacial score (nSPS) is 9.40. The molecular formula is C9H8N2O4. The molecule has 78 valence electrons. The van der Waals surface area contributed by atoms with E-state index in [9.17, 15) is 14.4 Å². The summed E-state index contributed by atoms with van der Waals surface area (Å²) < 4.78 is 4.17. The first-order valence-corrected chi connectivity index (χ1v) is 4.05. The Bertz CT molecular complexity index is 388. The summed E-state index contributed by atoms with van der Waals surface area (Å²) in [7, 11) is 1.08. The lowest BCUT2D eigenvalue weighted by Gasteiger charge is -1.97. The van der Waals surface area contributed by atoms with Crippen molar-refractivity contribution in [3.05, 3.63) is 24.3 Å². The molecule has 0 bridgehead atoms. The second kappa shape index (κ2) is 4.94. The molecule has 0 atom stereocenters. The van der Waals surface area contributed by atoms with E-state index in [2.05, 4.69) is 14.7 Å². The number of aromatic nitrogens is 2. The topological polar surface area (TPSA) is 86.2 Å². The Morgan fingerprint density at radius 2 is 2.07 bits per heavy atom. The van der Waals surface area contributed by atoms with Crippen LogP contribution in [0.5, 0.6) is 0 Å². The molecule has 0 spiro atoms. The number of hydrogen-bond donors (Lipinski definition) is 0. The Morgan fingerprint density at radius 3 is 2.60 bits per heavy atom. The average Bonchev–Trinajstić information content (AvgIpc) is 2.29. The number of nitrogens with zero attached hydrogens (tertiary/aromatic N) is 2. The Morgan fingerprint density at radius 1 is 1.33 bits per heavy atom. The number of ether oxygens (including phenoxy) is 1. The summed E-state index contributed by atoms with van der Waals surface area (Å²) >= 11 is 0. The quantitative estimate of drug-likeness (QED) is 0.294. The molecule has 6 nitrogen and oxygen atoms in total. The average molecular weight is 208 g/mol. The Balaban J connectivity index is 2.65. The summed E-state index contributed by atoms with van der Waals surface area (Å²) in [6.07, 6.45) is 3.41. The van der Waals surface area contributed by atoms with Crippen LogP contribution < -0.4 is 0 Å². The molecule has 1 heterocycles. The predicted molar refractivity (Wildman–Crippen MR) is 48.0 cm³/mol. The summed E-state index contributed by atoms with van der Waals surface area (Å²) in [6.45, 7) is 0. The molecule has 0 saturated carbocycles. The molecule has 15 heavy (non-hydrogen) atoms. The van der Waals surface area contributed by atoms with Crippen molar-refractivity contribution in [1.29, 1.82) is 0 Å². The van der Waals surface area contributed by atoms with Crippen LogP contribution in [0, 0.1) is 0 Å². The Labute approximate surface area is 85.3 Å². The summed E-state index contributed by atoms with van der Waals surface area (Å²) in [5, 5.41) is 0. The van der Waals surface area contributed by atoms with Crippen LogP contribution in [0.15, 0.2) is 18.6 Å². The van der Waals surface area contributed by atoms with Crippen molar-refractivity contribution in [2.45, 2.75) is 6.42 Å². The molecule has 1 aromatic heterocycles. The minimum absolute atomic E-state index is 0.0507. The van der Waals surface area contributed by atoms with Crippen LogP contribution in [0.1, 0.15) is 16.9 Å². The van der Waals surface area contributed by atoms with Gasteiger partial charge in [0.15, 0.2) is 5.78 Å². The van der Waals surface area contributed by atoms with E-state index >= 15 is 0 Å². The molecule has 0 aliphatic heterocycles. The van der Waals surface area contributed by atoms with Gasteiger partial charge < -0.3 is 4.74 Å². The summed E-state index contributed by atoms with van der Waals surface area (Å²) in [5.41, 5.74) is 0.0507. The fourth-order valence-electron chi connectivity index (χ4n) is 0.865. The number of esters is 1. The summed E-state index contributed by atoms with van der Waals surface area (Å²) in [6, 6.07) is 0. The third-order valence-electron chi connectivity index (χ3n) is 1.58. The second-order valence-electron chi connectivity index (χ2n) is 2.61. The van der Waals surface area contributed by atoms with Gasteiger partial charge in [0.2, 0.25) is 5.78 Å². The van der Waals surface area contributed by atoms with Crippen molar-refractivity contribution in [1.82, 2.24) is 9.97 Å². The predicted octanol–water partition coefficient (Wildman–Crippen LogP) is -0.209. The number of carbonyl (C=O) groups is 3. The van der Waals surface area contributed by atoms with Crippen LogP contribution in [0.2, 0.25) is 0 Å². The molecule has 0 unspecified atom stereocenters. The standard InChI is InChI=1S/C9H8N2O4/c1-15-9(14)8(13)4-7(12)6-5-10-2-3-11-6/h2-3,5H,4H2,1H3. The monoisotopic (exact) mass is 208 g/mol. The minimum atomic E-state index is -1.03. The smallest absolute Gasteiger partial charge is 0.374 e. The molecule has 0 radical (unpaired) electrons. The van der Waals surface area contributed by atoms with Crippen molar-refractivity contribution >= 4 is 17.5 Å².